The monoisotopic (exact) mass is 349 g/mol. The van der Waals surface area contributed by atoms with E-state index in [9.17, 15) is 14.4 Å². The molecule has 2 N–H and O–H groups in total. The molecular formula is C19H15N3O4. The third kappa shape index (κ3) is 2.63. The molecule has 0 spiro atoms. The van der Waals surface area contributed by atoms with Crippen LogP contribution in [0.2, 0.25) is 0 Å². The highest BCUT2D eigenvalue weighted by atomic mass is 16.4. The summed E-state index contributed by atoms with van der Waals surface area (Å²) in [6.07, 6.45) is 0. The van der Waals surface area contributed by atoms with Gasteiger partial charge >= 0.3 is 5.97 Å². The van der Waals surface area contributed by atoms with Crippen molar-refractivity contribution in [3.8, 4) is 0 Å². The molecule has 2 aliphatic rings. The number of carboxylic acids is 1. The van der Waals surface area contributed by atoms with Crippen molar-refractivity contribution < 1.29 is 19.5 Å². The number of carboxylic acid groups (broad SMARTS) is 1. The first-order valence-electron chi connectivity index (χ1n) is 8.13. The lowest BCUT2D eigenvalue weighted by Crippen LogP contribution is -2.31. The molecule has 0 saturated carbocycles. The fourth-order valence-electron chi connectivity index (χ4n) is 3.10. The Labute approximate surface area is 149 Å². The maximum atomic E-state index is 12.7. The molecule has 26 heavy (non-hydrogen) atoms. The number of hydrogen-bond acceptors (Lipinski definition) is 5. The molecule has 1 unspecified atom stereocenters. The van der Waals surface area contributed by atoms with Gasteiger partial charge in [0.15, 0.2) is 6.04 Å². The maximum absolute atomic E-state index is 12.7. The van der Waals surface area contributed by atoms with Gasteiger partial charge in [-0.05, 0) is 23.8 Å². The zero-order chi connectivity index (χ0) is 18.3. The van der Waals surface area contributed by atoms with Crippen molar-refractivity contribution in [3.63, 3.8) is 0 Å². The van der Waals surface area contributed by atoms with Crippen molar-refractivity contribution in [1.29, 1.82) is 0 Å². The molecule has 0 bridgehead atoms. The highest BCUT2D eigenvalue weighted by molar-refractivity contribution is 6.13. The lowest BCUT2D eigenvalue weighted by Gasteiger charge is -2.14. The molecule has 130 valence electrons. The highest BCUT2D eigenvalue weighted by Crippen LogP contribution is 2.24. The van der Waals surface area contributed by atoms with Gasteiger partial charge in [0.2, 0.25) is 0 Å². The summed E-state index contributed by atoms with van der Waals surface area (Å²) >= 11 is 0. The average Bonchev–Trinajstić information content (AvgIpc) is 3.27. The van der Waals surface area contributed by atoms with Gasteiger partial charge in [-0.25, -0.2) is 4.79 Å². The number of rotatable bonds is 3. The van der Waals surface area contributed by atoms with Crippen molar-refractivity contribution in [3.05, 3.63) is 70.8 Å². The van der Waals surface area contributed by atoms with Crippen molar-refractivity contribution in [1.82, 2.24) is 10.2 Å². The molecule has 7 heteroatoms. The Morgan fingerprint density at radius 3 is 2.50 bits per heavy atom. The number of carbonyl (C=O) groups excluding carboxylic acids is 2. The number of nitrogens with one attached hydrogen (secondary N) is 1. The third-order valence-electron chi connectivity index (χ3n) is 4.50. The minimum atomic E-state index is -0.980. The maximum Gasteiger partial charge on any atom is 0.330 e. The van der Waals surface area contributed by atoms with Gasteiger partial charge in [0.25, 0.3) is 11.8 Å². The van der Waals surface area contributed by atoms with E-state index in [1.54, 1.807) is 36.4 Å². The second kappa shape index (κ2) is 6.11. The van der Waals surface area contributed by atoms with E-state index in [4.69, 9.17) is 5.11 Å². The van der Waals surface area contributed by atoms with Gasteiger partial charge in [-0.2, -0.15) is 0 Å². The van der Waals surface area contributed by atoms with Gasteiger partial charge in [-0.1, -0.05) is 30.3 Å². The average molecular weight is 349 g/mol. The third-order valence-corrected chi connectivity index (χ3v) is 4.50. The predicted molar refractivity (Wildman–Crippen MR) is 93.1 cm³/mol. The molecule has 1 atom stereocenters. The zero-order valence-electron chi connectivity index (χ0n) is 13.7. The first-order chi connectivity index (χ1) is 12.5. The molecule has 0 aliphatic carbocycles. The van der Waals surface area contributed by atoms with Crippen LogP contribution in [0.25, 0.3) is 0 Å². The van der Waals surface area contributed by atoms with Crippen LogP contribution in [0.5, 0.6) is 0 Å². The quantitative estimate of drug-likeness (QED) is 0.814. The molecule has 0 saturated heterocycles. The summed E-state index contributed by atoms with van der Waals surface area (Å²) < 4.78 is 0. The number of hydrogen-bond donors (Lipinski definition) is 2. The van der Waals surface area contributed by atoms with Gasteiger partial charge < -0.3 is 10.4 Å². The van der Waals surface area contributed by atoms with Gasteiger partial charge in [-0.15, -0.1) is 0 Å². The van der Waals surface area contributed by atoms with E-state index in [0.29, 0.717) is 22.5 Å². The van der Waals surface area contributed by atoms with Crippen LogP contribution >= 0.6 is 0 Å². The second-order valence-corrected chi connectivity index (χ2v) is 6.14. The lowest BCUT2D eigenvalue weighted by atomic mass is 10.1. The summed E-state index contributed by atoms with van der Waals surface area (Å²) in [5, 5.41) is 11.9. The SMILES string of the molecule is O=C(O)C1CNC(c2ccc(C(=O)N3Cc4ccccc4C3=O)cc2)=N1. The largest absolute Gasteiger partial charge is 0.480 e. The first kappa shape index (κ1) is 16.0. The predicted octanol–water partition coefficient (Wildman–Crippen LogP) is 1.29. The van der Waals surface area contributed by atoms with Crippen molar-refractivity contribution >= 4 is 23.6 Å². The number of carbonyl (C=O) groups is 3. The number of amides is 2. The van der Waals surface area contributed by atoms with Crippen LogP contribution < -0.4 is 5.32 Å². The highest BCUT2D eigenvalue weighted by Gasteiger charge is 2.32. The second-order valence-electron chi connectivity index (χ2n) is 6.14. The smallest absolute Gasteiger partial charge is 0.330 e. The number of aliphatic imine (C=N–C) groups is 1. The summed E-state index contributed by atoms with van der Waals surface area (Å²) in [6, 6.07) is 13.0. The molecule has 2 aromatic rings. The van der Waals surface area contributed by atoms with Crippen molar-refractivity contribution in [2.24, 2.45) is 4.99 Å². The fraction of sp³-hybridized carbons (Fsp3) is 0.158. The molecule has 4 rings (SSSR count). The number of nitrogens with zero attached hydrogens (tertiary/aromatic N) is 2. The molecule has 0 aromatic heterocycles. The minimum absolute atomic E-state index is 0.242. The Bertz CT molecular complexity index is 950. The molecule has 2 amide bonds. The van der Waals surface area contributed by atoms with Crippen LogP contribution in [0.1, 0.15) is 31.8 Å². The molecule has 7 nitrogen and oxygen atoms in total. The van der Waals surface area contributed by atoms with Crippen LogP contribution in [0, 0.1) is 0 Å². The van der Waals surface area contributed by atoms with Crippen LogP contribution in [0.15, 0.2) is 53.5 Å². The Morgan fingerprint density at radius 1 is 1.12 bits per heavy atom. The Hall–Kier alpha value is -3.48. The summed E-state index contributed by atoms with van der Waals surface area (Å²) in [5.74, 6) is -1.14. The summed E-state index contributed by atoms with van der Waals surface area (Å²) in [7, 11) is 0. The lowest BCUT2D eigenvalue weighted by molar-refractivity contribution is -0.138. The summed E-state index contributed by atoms with van der Waals surface area (Å²) in [6.45, 7) is 0.510. The number of amidine groups is 1. The van der Waals surface area contributed by atoms with Crippen LogP contribution in [0.3, 0.4) is 0 Å². The Balaban J connectivity index is 1.53. The van der Waals surface area contributed by atoms with Crippen LogP contribution in [-0.2, 0) is 11.3 Å². The Kier molecular flexibility index (Phi) is 3.76. The van der Waals surface area contributed by atoms with Gasteiger partial charge in [0.05, 0.1) is 6.54 Å². The first-order valence-corrected chi connectivity index (χ1v) is 8.13. The van der Waals surface area contributed by atoms with Gasteiger partial charge in [0, 0.05) is 23.2 Å². The number of fused-ring (bicyclic) bond motifs is 1. The van der Waals surface area contributed by atoms with Crippen LogP contribution in [-0.4, -0.2) is 46.2 Å². The van der Waals surface area contributed by atoms with Crippen molar-refractivity contribution in [2.75, 3.05) is 6.54 Å². The van der Waals surface area contributed by atoms with Crippen LogP contribution in [0.4, 0.5) is 0 Å². The minimum Gasteiger partial charge on any atom is -0.480 e. The van der Waals surface area contributed by atoms with Crippen molar-refractivity contribution in [2.45, 2.75) is 12.6 Å². The molecule has 2 aliphatic heterocycles. The molecule has 0 fully saturated rings. The van der Waals surface area contributed by atoms with E-state index in [0.717, 1.165) is 5.56 Å². The molecule has 0 radical (unpaired) electrons. The van der Waals surface area contributed by atoms with E-state index in [1.165, 1.54) is 4.90 Å². The number of imide groups is 1. The summed E-state index contributed by atoms with van der Waals surface area (Å²) in [4.78, 5) is 41.4. The Morgan fingerprint density at radius 2 is 1.85 bits per heavy atom. The van der Waals surface area contributed by atoms with Gasteiger partial charge in [-0.3, -0.25) is 19.5 Å². The van der Waals surface area contributed by atoms with Gasteiger partial charge in [0.1, 0.15) is 5.84 Å². The topological polar surface area (TPSA) is 99.1 Å². The fourth-order valence-corrected chi connectivity index (χ4v) is 3.10. The number of aliphatic carboxylic acids is 1. The van der Waals surface area contributed by atoms with E-state index < -0.39 is 12.0 Å². The molecule has 2 heterocycles. The normalized spacial score (nSPS) is 18.3. The van der Waals surface area contributed by atoms with E-state index in [1.807, 2.05) is 12.1 Å². The molecule has 2 aromatic carbocycles. The van der Waals surface area contributed by atoms with E-state index in [-0.39, 0.29) is 24.9 Å². The summed E-state index contributed by atoms with van der Waals surface area (Å²) in [5.41, 5.74) is 2.48. The van der Waals surface area contributed by atoms with E-state index in [2.05, 4.69) is 10.3 Å². The van der Waals surface area contributed by atoms with E-state index >= 15 is 0 Å². The molecular weight excluding hydrogens is 334 g/mol. The standard InChI is InChI=1S/C19H15N3O4/c23-17(22-10-13-3-1-2-4-14(13)18(22)24)12-7-5-11(6-8-12)16-20-9-15(21-16)19(25)26/h1-8,15H,9-10H2,(H,20,21)(H,25,26). The number of benzene rings is 2. The zero-order valence-corrected chi connectivity index (χ0v) is 13.7.